The SMILES string of the molecule is COc1cc(/C=N\NC(=O)[C@@H](O)c2ccccc2)ccc1OC(=O)c1cc(OC)c(OC)c(OC)c1. The number of carbonyl (C=O) groups excluding carboxylic acids is 2. The second-order valence-electron chi connectivity index (χ2n) is 7.26. The van der Waals surface area contributed by atoms with Crippen LogP contribution < -0.4 is 29.1 Å². The summed E-state index contributed by atoms with van der Waals surface area (Å²) in [4.78, 5) is 24.9. The molecule has 0 aliphatic carbocycles. The molecule has 2 N–H and O–H groups in total. The molecule has 3 rings (SSSR count). The summed E-state index contributed by atoms with van der Waals surface area (Å²) in [6.07, 6.45) is 0.0121. The van der Waals surface area contributed by atoms with Crippen LogP contribution in [0.4, 0.5) is 0 Å². The summed E-state index contributed by atoms with van der Waals surface area (Å²) in [6, 6.07) is 16.2. The molecule has 1 amide bonds. The van der Waals surface area contributed by atoms with Crippen molar-refractivity contribution < 1.29 is 38.4 Å². The Hall–Kier alpha value is -4.57. The van der Waals surface area contributed by atoms with Gasteiger partial charge in [-0.2, -0.15) is 5.10 Å². The highest BCUT2D eigenvalue weighted by Gasteiger charge is 2.20. The van der Waals surface area contributed by atoms with Crippen LogP contribution in [-0.2, 0) is 4.79 Å². The number of esters is 1. The molecule has 0 radical (unpaired) electrons. The average Bonchev–Trinajstić information content (AvgIpc) is 2.92. The van der Waals surface area contributed by atoms with Gasteiger partial charge in [0.05, 0.1) is 40.2 Å². The van der Waals surface area contributed by atoms with Gasteiger partial charge in [0.15, 0.2) is 29.1 Å². The minimum atomic E-state index is -1.35. The number of carbonyl (C=O) groups is 2. The lowest BCUT2D eigenvalue weighted by Gasteiger charge is -2.14. The van der Waals surface area contributed by atoms with Gasteiger partial charge in [0.1, 0.15) is 0 Å². The van der Waals surface area contributed by atoms with E-state index in [9.17, 15) is 14.7 Å². The standard InChI is InChI=1S/C26H26N2O8/c1-32-20-12-16(15-27-28-25(30)23(29)17-8-6-5-7-9-17)10-11-19(20)36-26(31)18-13-21(33-2)24(35-4)22(14-18)34-3/h5-15,23,29H,1-4H3,(H,28,30)/b27-15-/t23-/m0/s1. The lowest BCUT2D eigenvalue weighted by Crippen LogP contribution is -2.25. The molecule has 0 aliphatic rings. The minimum Gasteiger partial charge on any atom is -0.493 e. The highest BCUT2D eigenvalue weighted by molar-refractivity contribution is 5.93. The molecule has 10 heteroatoms. The van der Waals surface area contributed by atoms with E-state index in [1.54, 1.807) is 42.5 Å². The van der Waals surface area contributed by atoms with Crippen LogP contribution in [0.5, 0.6) is 28.7 Å². The largest absolute Gasteiger partial charge is 0.493 e. The fourth-order valence-electron chi connectivity index (χ4n) is 3.22. The highest BCUT2D eigenvalue weighted by atomic mass is 16.6. The minimum absolute atomic E-state index is 0.164. The molecule has 0 fully saturated rings. The van der Waals surface area contributed by atoms with E-state index in [0.29, 0.717) is 28.4 Å². The van der Waals surface area contributed by atoms with Gasteiger partial charge < -0.3 is 28.8 Å². The third-order valence-corrected chi connectivity index (χ3v) is 5.04. The molecular weight excluding hydrogens is 468 g/mol. The molecule has 0 bridgehead atoms. The van der Waals surface area contributed by atoms with E-state index in [1.165, 1.54) is 52.9 Å². The van der Waals surface area contributed by atoms with Crippen molar-refractivity contribution in [2.75, 3.05) is 28.4 Å². The maximum Gasteiger partial charge on any atom is 0.343 e. The Morgan fingerprint density at radius 1 is 0.833 bits per heavy atom. The van der Waals surface area contributed by atoms with Gasteiger partial charge >= 0.3 is 5.97 Å². The monoisotopic (exact) mass is 494 g/mol. The van der Waals surface area contributed by atoms with E-state index < -0.39 is 18.0 Å². The van der Waals surface area contributed by atoms with Gasteiger partial charge in [-0.15, -0.1) is 0 Å². The Morgan fingerprint density at radius 2 is 1.47 bits per heavy atom. The number of aliphatic hydroxyl groups excluding tert-OH is 1. The summed E-state index contributed by atoms with van der Waals surface area (Å²) in [5.74, 6) is 0.0356. The molecule has 10 nitrogen and oxygen atoms in total. The predicted octanol–water partition coefficient (Wildman–Crippen LogP) is 3.12. The maximum absolute atomic E-state index is 12.8. The van der Waals surface area contributed by atoms with Crippen molar-refractivity contribution in [2.45, 2.75) is 6.10 Å². The fraction of sp³-hybridized carbons (Fsp3) is 0.192. The maximum atomic E-state index is 12.8. The van der Waals surface area contributed by atoms with Gasteiger partial charge in [0, 0.05) is 0 Å². The normalized spacial score (nSPS) is 11.5. The highest BCUT2D eigenvalue weighted by Crippen LogP contribution is 2.38. The predicted molar refractivity (Wildman–Crippen MR) is 131 cm³/mol. The molecule has 0 spiro atoms. The number of nitrogens with one attached hydrogen (secondary N) is 1. The van der Waals surface area contributed by atoms with Crippen molar-refractivity contribution in [2.24, 2.45) is 5.10 Å². The number of hydrazone groups is 1. The van der Waals surface area contributed by atoms with E-state index in [2.05, 4.69) is 10.5 Å². The molecular formula is C26H26N2O8. The molecule has 0 saturated heterocycles. The first-order valence-corrected chi connectivity index (χ1v) is 10.7. The van der Waals surface area contributed by atoms with Gasteiger partial charge in [0.25, 0.3) is 5.91 Å². The van der Waals surface area contributed by atoms with E-state index >= 15 is 0 Å². The quantitative estimate of drug-likeness (QED) is 0.191. The zero-order valence-corrected chi connectivity index (χ0v) is 20.2. The molecule has 0 aromatic heterocycles. The van der Waals surface area contributed by atoms with Crippen LogP contribution in [0.15, 0.2) is 65.8 Å². The first kappa shape index (κ1) is 26.0. The van der Waals surface area contributed by atoms with E-state index in [-0.39, 0.29) is 17.1 Å². The molecule has 3 aromatic carbocycles. The second kappa shape index (κ2) is 12.2. The van der Waals surface area contributed by atoms with Crippen molar-refractivity contribution in [3.8, 4) is 28.7 Å². The Morgan fingerprint density at radius 3 is 2.06 bits per heavy atom. The summed E-state index contributed by atoms with van der Waals surface area (Å²) in [6.45, 7) is 0. The van der Waals surface area contributed by atoms with Crippen LogP contribution >= 0.6 is 0 Å². The number of hydrogen-bond acceptors (Lipinski definition) is 9. The number of aliphatic hydroxyl groups is 1. The van der Waals surface area contributed by atoms with E-state index in [0.717, 1.165) is 0 Å². The van der Waals surface area contributed by atoms with Crippen molar-refractivity contribution in [1.29, 1.82) is 0 Å². The second-order valence-corrected chi connectivity index (χ2v) is 7.26. The third kappa shape index (κ3) is 6.10. The smallest absolute Gasteiger partial charge is 0.343 e. The molecule has 0 unspecified atom stereocenters. The average molecular weight is 495 g/mol. The van der Waals surface area contributed by atoms with Crippen LogP contribution in [-0.4, -0.2) is 51.6 Å². The molecule has 36 heavy (non-hydrogen) atoms. The summed E-state index contributed by atoms with van der Waals surface area (Å²) in [5, 5.41) is 14.0. The molecule has 0 aliphatic heterocycles. The summed E-state index contributed by atoms with van der Waals surface area (Å²) in [5.41, 5.74) is 3.46. The summed E-state index contributed by atoms with van der Waals surface area (Å²) >= 11 is 0. The number of nitrogens with zero attached hydrogens (tertiary/aromatic N) is 1. The van der Waals surface area contributed by atoms with Gasteiger partial charge in [-0.3, -0.25) is 4.79 Å². The van der Waals surface area contributed by atoms with Gasteiger partial charge in [-0.1, -0.05) is 30.3 Å². The zero-order valence-electron chi connectivity index (χ0n) is 20.2. The summed E-state index contributed by atoms with van der Waals surface area (Å²) < 4.78 is 26.7. The first-order valence-electron chi connectivity index (χ1n) is 10.7. The Bertz CT molecular complexity index is 1220. The molecule has 3 aromatic rings. The van der Waals surface area contributed by atoms with E-state index in [4.69, 9.17) is 23.7 Å². The van der Waals surface area contributed by atoms with Crippen LogP contribution in [0.1, 0.15) is 27.6 Å². The van der Waals surface area contributed by atoms with Gasteiger partial charge in [0.2, 0.25) is 5.75 Å². The van der Waals surface area contributed by atoms with Crippen LogP contribution in [0.25, 0.3) is 0 Å². The molecule has 188 valence electrons. The van der Waals surface area contributed by atoms with Crippen LogP contribution in [0.3, 0.4) is 0 Å². The fourth-order valence-corrected chi connectivity index (χ4v) is 3.22. The lowest BCUT2D eigenvalue weighted by atomic mass is 10.1. The van der Waals surface area contributed by atoms with Crippen molar-refractivity contribution in [3.63, 3.8) is 0 Å². The van der Waals surface area contributed by atoms with Crippen molar-refractivity contribution in [1.82, 2.24) is 5.43 Å². The third-order valence-electron chi connectivity index (χ3n) is 5.04. The van der Waals surface area contributed by atoms with Crippen molar-refractivity contribution in [3.05, 3.63) is 77.4 Å². The van der Waals surface area contributed by atoms with Crippen LogP contribution in [0, 0.1) is 0 Å². The molecule has 0 saturated carbocycles. The number of amides is 1. The number of ether oxygens (including phenoxy) is 5. The van der Waals surface area contributed by atoms with Crippen LogP contribution in [0.2, 0.25) is 0 Å². The lowest BCUT2D eigenvalue weighted by molar-refractivity contribution is -0.129. The first-order chi connectivity index (χ1) is 17.4. The van der Waals surface area contributed by atoms with Gasteiger partial charge in [-0.25, -0.2) is 10.2 Å². The zero-order chi connectivity index (χ0) is 26.1. The Kier molecular flexibility index (Phi) is 8.84. The molecule has 0 heterocycles. The number of benzene rings is 3. The van der Waals surface area contributed by atoms with E-state index in [1.807, 2.05) is 0 Å². The van der Waals surface area contributed by atoms with Gasteiger partial charge in [-0.05, 0) is 41.5 Å². The summed E-state index contributed by atoms with van der Waals surface area (Å²) in [7, 11) is 5.77. The number of rotatable bonds is 10. The molecule has 1 atom stereocenters. The number of methoxy groups -OCH3 is 4. The number of hydrogen-bond donors (Lipinski definition) is 2. The Balaban J connectivity index is 1.71. The topological polar surface area (TPSA) is 125 Å². The van der Waals surface area contributed by atoms with Crippen molar-refractivity contribution >= 4 is 18.1 Å². The Labute approximate surface area is 208 Å².